The third kappa shape index (κ3) is 4.84. The molecule has 2 amide bonds. The van der Waals surface area contributed by atoms with Gasteiger partial charge in [0.2, 0.25) is 5.91 Å². The lowest BCUT2D eigenvalue weighted by Crippen LogP contribution is -2.38. The van der Waals surface area contributed by atoms with E-state index in [1.165, 1.54) is 12.1 Å². The molecular weight excluding hydrogens is 347 g/mol. The number of ether oxygens (including phenoxy) is 1. The van der Waals surface area contributed by atoms with E-state index < -0.39 is 0 Å². The Labute approximate surface area is 158 Å². The van der Waals surface area contributed by atoms with Crippen LogP contribution in [0, 0.1) is 5.82 Å². The van der Waals surface area contributed by atoms with Crippen molar-refractivity contribution in [3.8, 4) is 5.75 Å². The highest BCUT2D eigenvalue weighted by Gasteiger charge is 2.23. The zero-order valence-corrected chi connectivity index (χ0v) is 15.4. The zero-order valence-electron chi connectivity index (χ0n) is 15.4. The number of amides is 2. The van der Waals surface area contributed by atoms with E-state index in [9.17, 15) is 14.0 Å². The highest BCUT2D eigenvalue weighted by molar-refractivity contribution is 5.94. The number of rotatable bonds is 4. The molecule has 2 aromatic carbocycles. The molecule has 0 N–H and O–H groups in total. The van der Waals surface area contributed by atoms with E-state index in [-0.39, 0.29) is 24.1 Å². The summed E-state index contributed by atoms with van der Waals surface area (Å²) in [4.78, 5) is 28.9. The van der Waals surface area contributed by atoms with E-state index in [1.807, 2.05) is 0 Å². The molecule has 0 aliphatic carbocycles. The van der Waals surface area contributed by atoms with Crippen LogP contribution >= 0.6 is 0 Å². The van der Waals surface area contributed by atoms with Crippen molar-refractivity contribution in [2.45, 2.75) is 12.8 Å². The number of hydrogen-bond acceptors (Lipinski definition) is 3. The van der Waals surface area contributed by atoms with E-state index in [0.717, 1.165) is 12.0 Å². The van der Waals surface area contributed by atoms with Crippen LogP contribution in [0.2, 0.25) is 0 Å². The lowest BCUT2D eigenvalue weighted by molar-refractivity contribution is -0.130. The highest BCUT2D eigenvalue weighted by Crippen LogP contribution is 2.16. The number of methoxy groups -OCH3 is 1. The van der Waals surface area contributed by atoms with Crippen molar-refractivity contribution >= 4 is 11.8 Å². The van der Waals surface area contributed by atoms with Gasteiger partial charge in [-0.25, -0.2) is 4.39 Å². The lowest BCUT2D eigenvalue weighted by Gasteiger charge is -2.22. The Morgan fingerprint density at radius 3 is 2.44 bits per heavy atom. The van der Waals surface area contributed by atoms with Crippen molar-refractivity contribution in [2.75, 3.05) is 33.3 Å². The second-order valence-electron chi connectivity index (χ2n) is 6.56. The summed E-state index contributed by atoms with van der Waals surface area (Å²) in [5, 5.41) is 0. The summed E-state index contributed by atoms with van der Waals surface area (Å²) in [6, 6.07) is 13.1. The minimum Gasteiger partial charge on any atom is -0.497 e. The summed E-state index contributed by atoms with van der Waals surface area (Å²) in [5.41, 5.74) is 1.37. The van der Waals surface area contributed by atoms with Crippen molar-refractivity contribution in [3.63, 3.8) is 0 Å². The van der Waals surface area contributed by atoms with Gasteiger partial charge in [-0.15, -0.1) is 0 Å². The SMILES string of the molecule is COc1cccc(C(=O)N2CCCN(C(=O)Cc3ccc(F)cc3)CC2)c1. The third-order valence-electron chi connectivity index (χ3n) is 4.72. The molecular formula is C21H23FN2O3. The minimum absolute atomic E-state index is 0.00251. The Balaban J connectivity index is 1.60. The van der Waals surface area contributed by atoms with Crippen LogP contribution in [-0.2, 0) is 11.2 Å². The molecule has 1 saturated heterocycles. The van der Waals surface area contributed by atoms with Gasteiger partial charge in [0.15, 0.2) is 0 Å². The van der Waals surface area contributed by atoms with Crippen LogP contribution in [0.3, 0.4) is 0 Å². The quantitative estimate of drug-likeness (QED) is 0.832. The van der Waals surface area contributed by atoms with Crippen LogP contribution in [0.4, 0.5) is 4.39 Å². The molecule has 0 radical (unpaired) electrons. The van der Waals surface area contributed by atoms with Gasteiger partial charge in [-0.1, -0.05) is 18.2 Å². The molecule has 0 spiro atoms. The minimum atomic E-state index is -0.312. The van der Waals surface area contributed by atoms with Crippen molar-refractivity contribution in [2.24, 2.45) is 0 Å². The lowest BCUT2D eigenvalue weighted by atomic mass is 10.1. The van der Waals surface area contributed by atoms with Crippen LogP contribution < -0.4 is 4.74 Å². The molecule has 0 atom stereocenters. The summed E-state index contributed by atoms with van der Waals surface area (Å²) in [7, 11) is 1.57. The number of halogens is 1. The van der Waals surface area contributed by atoms with Crippen LogP contribution in [0.5, 0.6) is 5.75 Å². The fourth-order valence-electron chi connectivity index (χ4n) is 3.20. The van der Waals surface area contributed by atoms with Gasteiger partial charge in [0.1, 0.15) is 11.6 Å². The fraction of sp³-hybridized carbons (Fsp3) is 0.333. The maximum atomic E-state index is 13.0. The van der Waals surface area contributed by atoms with Gasteiger partial charge >= 0.3 is 0 Å². The predicted octanol–water partition coefficient (Wildman–Crippen LogP) is 2.75. The fourth-order valence-corrected chi connectivity index (χ4v) is 3.20. The van der Waals surface area contributed by atoms with Crippen LogP contribution in [0.15, 0.2) is 48.5 Å². The number of carbonyl (C=O) groups excluding carboxylic acids is 2. The standard InChI is InChI=1S/C21H23FN2O3/c1-27-19-5-2-4-17(15-19)21(26)24-11-3-10-23(12-13-24)20(25)14-16-6-8-18(22)9-7-16/h2,4-9,15H,3,10-14H2,1H3. The van der Waals surface area contributed by atoms with Crippen molar-refractivity contribution in [3.05, 3.63) is 65.5 Å². The molecule has 1 fully saturated rings. The Hall–Kier alpha value is -2.89. The van der Waals surface area contributed by atoms with Gasteiger partial charge in [0.25, 0.3) is 5.91 Å². The van der Waals surface area contributed by atoms with Crippen LogP contribution in [-0.4, -0.2) is 54.9 Å². The van der Waals surface area contributed by atoms with Gasteiger partial charge in [-0.3, -0.25) is 9.59 Å². The van der Waals surface area contributed by atoms with E-state index in [4.69, 9.17) is 4.74 Å². The predicted molar refractivity (Wildman–Crippen MR) is 100 cm³/mol. The summed E-state index contributed by atoms with van der Waals surface area (Å²) >= 11 is 0. The Kier molecular flexibility index (Phi) is 6.06. The maximum absolute atomic E-state index is 13.0. The molecule has 1 aliphatic rings. The topological polar surface area (TPSA) is 49.9 Å². The van der Waals surface area contributed by atoms with E-state index in [0.29, 0.717) is 37.5 Å². The molecule has 142 valence electrons. The molecule has 0 unspecified atom stereocenters. The van der Waals surface area contributed by atoms with Crippen molar-refractivity contribution in [1.82, 2.24) is 9.80 Å². The number of carbonyl (C=O) groups is 2. The molecule has 27 heavy (non-hydrogen) atoms. The van der Waals surface area contributed by atoms with Crippen molar-refractivity contribution in [1.29, 1.82) is 0 Å². The number of hydrogen-bond donors (Lipinski definition) is 0. The monoisotopic (exact) mass is 370 g/mol. The zero-order chi connectivity index (χ0) is 19.2. The van der Waals surface area contributed by atoms with Gasteiger partial charge < -0.3 is 14.5 Å². The Morgan fingerprint density at radius 1 is 1.00 bits per heavy atom. The first-order chi connectivity index (χ1) is 13.1. The Bertz CT molecular complexity index is 807. The smallest absolute Gasteiger partial charge is 0.254 e. The molecule has 3 rings (SSSR count). The first-order valence-electron chi connectivity index (χ1n) is 9.02. The van der Waals surface area contributed by atoms with Gasteiger partial charge in [0.05, 0.1) is 13.5 Å². The molecule has 0 bridgehead atoms. The molecule has 1 aliphatic heterocycles. The van der Waals surface area contributed by atoms with Gasteiger partial charge in [0, 0.05) is 31.7 Å². The maximum Gasteiger partial charge on any atom is 0.254 e. The molecule has 1 heterocycles. The second kappa shape index (κ2) is 8.66. The van der Waals surface area contributed by atoms with Gasteiger partial charge in [-0.05, 0) is 42.3 Å². The second-order valence-corrected chi connectivity index (χ2v) is 6.56. The van der Waals surface area contributed by atoms with Crippen LogP contribution in [0.1, 0.15) is 22.3 Å². The first kappa shape index (κ1) is 18.9. The summed E-state index contributed by atoms with van der Waals surface area (Å²) in [6.07, 6.45) is 0.967. The molecule has 6 heteroatoms. The van der Waals surface area contributed by atoms with Crippen molar-refractivity contribution < 1.29 is 18.7 Å². The Morgan fingerprint density at radius 2 is 1.70 bits per heavy atom. The average Bonchev–Trinajstić information content (AvgIpc) is 2.95. The summed E-state index contributed by atoms with van der Waals surface area (Å²) in [5.74, 6) is 0.276. The summed E-state index contributed by atoms with van der Waals surface area (Å²) in [6.45, 7) is 2.21. The van der Waals surface area contributed by atoms with E-state index in [2.05, 4.69) is 0 Å². The van der Waals surface area contributed by atoms with Gasteiger partial charge in [-0.2, -0.15) is 0 Å². The molecule has 0 aromatic heterocycles. The number of nitrogens with zero attached hydrogens (tertiary/aromatic N) is 2. The largest absolute Gasteiger partial charge is 0.497 e. The number of benzene rings is 2. The summed E-state index contributed by atoms with van der Waals surface area (Å²) < 4.78 is 18.2. The average molecular weight is 370 g/mol. The first-order valence-corrected chi connectivity index (χ1v) is 9.02. The van der Waals surface area contributed by atoms with E-state index in [1.54, 1.807) is 53.3 Å². The normalized spacial score (nSPS) is 14.6. The highest BCUT2D eigenvalue weighted by atomic mass is 19.1. The van der Waals surface area contributed by atoms with Crippen LogP contribution in [0.25, 0.3) is 0 Å². The van der Waals surface area contributed by atoms with E-state index >= 15 is 0 Å². The molecule has 2 aromatic rings. The molecule has 0 saturated carbocycles. The molecule has 5 nitrogen and oxygen atoms in total. The third-order valence-corrected chi connectivity index (χ3v) is 4.72.